The summed E-state index contributed by atoms with van der Waals surface area (Å²) in [7, 11) is 0. The highest BCUT2D eigenvalue weighted by molar-refractivity contribution is 5.34. The van der Waals surface area contributed by atoms with E-state index >= 15 is 0 Å². The molecule has 0 fully saturated rings. The first-order valence-electron chi connectivity index (χ1n) is 9.64. The Bertz CT molecular complexity index is 697. The number of unbranched alkanes of at least 4 members (excludes halogenated alkanes) is 1. The van der Waals surface area contributed by atoms with E-state index in [1.54, 1.807) is 0 Å². The zero-order valence-electron chi connectivity index (χ0n) is 15.6. The lowest BCUT2D eigenvalue weighted by atomic mass is 9.84. The molecule has 0 radical (unpaired) electrons. The average molecular weight is 344 g/mol. The van der Waals surface area contributed by atoms with Crippen LogP contribution >= 0.6 is 0 Å². The Morgan fingerprint density at radius 1 is 0.692 bits per heavy atom. The minimum Gasteiger partial charge on any atom is -0.377 e. The Morgan fingerprint density at radius 3 is 1.69 bits per heavy atom. The molecule has 0 aliphatic rings. The maximum Gasteiger partial charge on any atom is 0.0724 e. The third-order valence-corrected chi connectivity index (χ3v) is 4.80. The second-order valence-corrected chi connectivity index (χ2v) is 6.75. The fourth-order valence-corrected chi connectivity index (χ4v) is 3.44. The standard InChI is InChI=1S/C25H28O/c1-2-3-19-26-24(20-21-13-7-4-8-14-21)25(22-15-9-5-10-16-22)23-17-11-6-12-18-23/h4-18,24-25H,2-3,19-20H2,1H3. The molecule has 0 bridgehead atoms. The third kappa shape index (κ3) is 5.06. The van der Waals surface area contributed by atoms with Crippen molar-refractivity contribution in [2.24, 2.45) is 0 Å². The summed E-state index contributed by atoms with van der Waals surface area (Å²) in [5, 5.41) is 0. The van der Waals surface area contributed by atoms with Gasteiger partial charge in [0.15, 0.2) is 0 Å². The van der Waals surface area contributed by atoms with Gasteiger partial charge in [-0.05, 0) is 29.5 Å². The largest absolute Gasteiger partial charge is 0.377 e. The second kappa shape index (κ2) is 9.94. The van der Waals surface area contributed by atoms with E-state index in [0.29, 0.717) is 0 Å². The highest BCUT2D eigenvalue weighted by Gasteiger charge is 2.26. The Kier molecular flexibility index (Phi) is 7.04. The van der Waals surface area contributed by atoms with Crippen molar-refractivity contribution < 1.29 is 4.74 Å². The molecule has 26 heavy (non-hydrogen) atoms. The number of rotatable bonds is 9. The lowest BCUT2D eigenvalue weighted by molar-refractivity contribution is 0.0407. The third-order valence-electron chi connectivity index (χ3n) is 4.80. The van der Waals surface area contributed by atoms with Crippen LogP contribution in [-0.4, -0.2) is 12.7 Å². The lowest BCUT2D eigenvalue weighted by Gasteiger charge is -2.29. The van der Waals surface area contributed by atoms with E-state index in [1.807, 2.05) is 0 Å². The molecular weight excluding hydrogens is 316 g/mol. The highest BCUT2D eigenvalue weighted by Crippen LogP contribution is 2.32. The molecule has 0 aliphatic heterocycles. The molecule has 3 aromatic rings. The van der Waals surface area contributed by atoms with Gasteiger partial charge in [-0.1, -0.05) is 104 Å². The van der Waals surface area contributed by atoms with Crippen LogP contribution in [0.15, 0.2) is 91.0 Å². The van der Waals surface area contributed by atoms with E-state index in [4.69, 9.17) is 4.74 Å². The molecule has 3 aromatic carbocycles. The summed E-state index contributed by atoms with van der Waals surface area (Å²) in [6.45, 7) is 3.02. The van der Waals surface area contributed by atoms with E-state index in [0.717, 1.165) is 25.9 Å². The smallest absolute Gasteiger partial charge is 0.0724 e. The SMILES string of the molecule is CCCCOC(Cc1ccccc1)C(c1ccccc1)c1ccccc1. The van der Waals surface area contributed by atoms with Crippen LogP contribution in [-0.2, 0) is 11.2 Å². The molecule has 0 saturated heterocycles. The van der Waals surface area contributed by atoms with Gasteiger partial charge in [-0.25, -0.2) is 0 Å². The molecule has 1 atom stereocenters. The Hall–Kier alpha value is -2.38. The zero-order valence-corrected chi connectivity index (χ0v) is 15.6. The molecule has 0 spiro atoms. The van der Waals surface area contributed by atoms with Gasteiger partial charge >= 0.3 is 0 Å². The Morgan fingerprint density at radius 2 is 1.19 bits per heavy atom. The predicted molar refractivity (Wildman–Crippen MR) is 110 cm³/mol. The van der Waals surface area contributed by atoms with Crippen molar-refractivity contribution in [2.45, 2.75) is 38.2 Å². The predicted octanol–water partition coefficient (Wildman–Crippen LogP) is 6.25. The molecule has 1 nitrogen and oxygen atoms in total. The highest BCUT2D eigenvalue weighted by atomic mass is 16.5. The molecule has 0 aliphatic carbocycles. The van der Waals surface area contributed by atoms with Gasteiger partial charge in [0, 0.05) is 12.5 Å². The van der Waals surface area contributed by atoms with E-state index < -0.39 is 0 Å². The summed E-state index contributed by atoms with van der Waals surface area (Å²) in [5.41, 5.74) is 3.96. The molecule has 0 aromatic heterocycles. The molecule has 0 amide bonds. The van der Waals surface area contributed by atoms with Crippen molar-refractivity contribution in [3.8, 4) is 0 Å². The van der Waals surface area contributed by atoms with Gasteiger partial charge in [0.1, 0.15) is 0 Å². The fourth-order valence-electron chi connectivity index (χ4n) is 3.44. The van der Waals surface area contributed by atoms with Gasteiger partial charge in [-0.2, -0.15) is 0 Å². The molecule has 0 saturated carbocycles. The molecule has 3 rings (SSSR count). The number of benzene rings is 3. The van der Waals surface area contributed by atoms with Crippen molar-refractivity contribution in [3.05, 3.63) is 108 Å². The van der Waals surface area contributed by atoms with Gasteiger partial charge in [-0.3, -0.25) is 0 Å². The number of ether oxygens (including phenoxy) is 1. The van der Waals surface area contributed by atoms with E-state index in [1.165, 1.54) is 16.7 Å². The summed E-state index contributed by atoms with van der Waals surface area (Å²) in [4.78, 5) is 0. The molecule has 0 N–H and O–H groups in total. The Labute approximate surface area is 157 Å². The van der Waals surface area contributed by atoms with Gasteiger partial charge in [-0.15, -0.1) is 0 Å². The first-order valence-corrected chi connectivity index (χ1v) is 9.64. The molecule has 1 heteroatoms. The molecule has 0 heterocycles. The minimum absolute atomic E-state index is 0.119. The maximum absolute atomic E-state index is 6.46. The van der Waals surface area contributed by atoms with Crippen LogP contribution in [0, 0.1) is 0 Å². The first-order chi connectivity index (χ1) is 12.9. The minimum atomic E-state index is 0.119. The summed E-state index contributed by atoms with van der Waals surface area (Å²) >= 11 is 0. The van der Waals surface area contributed by atoms with E-state index in [9.17, 15) is 0 Å². The van der Waals surface area contributed by atoms with E-state index in [-0.39, 0.29) is 12.0 Å². The summed E-state index contributed by atoms with van der Waals surface area (Å²) in [6.07, 6.45) is 3.29. The van der Waals surface area contributed by atoms with Crippen LogP contribution < -0.4 is 0 Å². The quantitative estimate of drug-likeness (QED) is 0.417. The maximum atomic E-state index is 6.46. The average Bonchev–Trinajstić information content (AvgIpc) is 2.71. The zero-order chi connectivity index (χ0) is 18.0. The van der Waals surface area contributed by atoms with Crippen LogP contribution in [0.2, 0.25) is 0 Å². The summed E-state index contributed by atoms with van der Waals surface area (Å²) in [6, 6.07) is 32.2. The van der Waals surface area contributed by atoms with Gasteiger partial charge in [0.25, 0.3) is 0 Å². The summed E-state index contributed by atoms with van der Waals surface area (Å²) < 4.78 is 6.46. The lowest BCUT2D eigenvalue weighted by Crippen LogP contribution is -2.26. The first kappa shape index (κ1) is 18.4. The molecule has 134 valence electrons. The Balaban J connectivity index is 1.94. The number of hydrogen-bond acceptors (Lipinski definition) is 1. The van der Waals surface area contributed by atoms with Crippen LogP contribution in [0.1, 0.15) is 42.4 Å². The topological polar surface area (TPSA) is 9.23 Å². The summed E-state index contributed by atoms with van der Waals surface area (Å²) in [5.74, 6) is 0.231. The molecular formula is C25H28O. The van der Waals surface area contributed by atoms with Crippen molar-refractivity contribution in [1.82, 2.24) is 0 Å². The van der Waals surface area contributed by atoms with Crippen molar-refractivity contribution in [3.63, 3.8) is 0 Å². The van der Waals surface area contributed by atoms with E-state index in [2.05, 4.69) is 97.9 Å². The van der Waals surface area contributed by atoms with Crippen molar-refractivity contribution in [1.29, 1.82) is 0 Å². The van der Waals surface area contributed by atoms with Crippen LogP contribution in [0.3, 0.4) is 0 Å². The second-order valence-electron chi connectivity index (χ2n) is 6.75. The fraction of sp³-hybridized carbons (Fsp3) is 0.280. The van der Waals surface area contributed by atoms with Crippen LogP contribution in [0.4, 0.5) is 0 Å². The van der Waals surface area contributed by atoms with Gasteiger partial charge < -0.3 is 4.74 Å². The van der Waals surface area contributed by atoms with Crippen molar-refractivity contribution >= 4 is 0 Å². The monoisotopic (exact) mass is 344 g/mol. The van der Waals surface area contributed by atoms with Crippen LogP contribution in [0.5, 0.6) is 0 Å². The molecule has 1 unspecified atom stereocenters. The van der Waals surface area contributed by atoms with Crippen LogP contribution in [0.25, 0.3) is 0 Å². The van der Waals surface area contributed by atoms with Gasteiger partial charge in [0.2, 0.25) is 0 Å². The normalized spacial score (nSPS) is 12.2. The number of hydrogen-bond donors (Lipinski definition) is 0. The van der Waals surface area contributed by atoms with Crippen molar-refractivity contribution in [2.75, 3.05) is 6.61 Å². The van der Waals surface area contributed by atoms with Gasteiger partial charge in [0.05, 0.1) is 6.10 Å².